The van der Waals surface area contributed by atoms with E-state index in [2.05, 4.69) is 71.1 Å². The Morgan fingerprint density at radius 3 is 2.33 bits per heavy atom. The Morgan fingerprint density at radius 2 is 1.58 bits per heavy atom. The molecule has 2 aromatic carbocycles. The fourth-order valence-electron chi connectivity index (χ4n) is 4.16. The van der Waals surface area contributed by atoms with Gasteiger partial charge in [0.15, 0.2) is 0 Å². The molecule has 0 aliphatic heterocycles. The summed E-state index contributed by atoms with van der Waals surface area (Å²) in [6.07, 6.45) is 12.3. The minimum Gasteiger partial charge on any atom is -0.0864 e. The van der Waals surface area contributed by atoms with Gasteiger partial charge in [-0.25, -0.2) is 0 Å². The predicted molar refractivity (Wildman–Crippen MR) is 114 cm³/mol. The Labute approximate surface area is 161 Å². The summed E-state index contributed by atoms with van der Waals surface area (Å²) < 4.78 is 1.29. The van der Waals surface area contributed by atoms with E-state index in [-0.39, 0.29) is 0 Å². The molecule has 0 nitrogen and oxygen atoms in total. The van der Waals surface area contributed by atoms with Crippen LogP contribution in [-0.2, 0) is 6.42 Å². The molecule has 0 bridgehead atoms. The number of alkyl halides is 1. The highest BCUT2D eigenvalue weighted by Gasteiger charge is 2.21. The number of unbranched alkanes of at least 4 members (excludes halogenated alkanes) is 2. The maximum absolute atomic E-state index is 2.50. The molecule has 1 heteroatoms. The second kappa shape index (κ2) is 9.60. The van der Waals surface area contributed by atoms with Crippen molar-refractivity contribution >= 4 is 22.6 Å². The van der Waals surface area contributed by atoms with E-state index < -0.39 is 0 Å². The first kappa shape index (κ1) is 18.0. The quantitative estimate of drug-likeness (QED) is 0.241. The Kier molecular flexibility index (Phi) is 7.19. The molecule has 0 heterocycles. The monoisotopic (exact) mass is 432 g/mol. The zero-order valence-corrected chi connectivity index (χ0v) is 16.8. The van der Waals surface area contributed by atoms with E-state index in [0.29, 0.717) is 0 Å². The molecule has 0 radical (unpaired) electrons. The molecule has 0 spiro atoms. The number of aryl methyl sites for hydroxylation is 1. The van der Waals surface area contributed by atoms with Crippen molar-refractivity contribution in [1.82, 2.24) is 0 Å². The van der Waals surface area contributed by atoms with Crippen molar-refractivity contribution in [2.75, 3.05) is 4.43 Å². The highest BCUT2D eigenvalue weighted by Crippen LogP contribution is 2.40. The van der Waals surface area contributed by atoms with Gasteiger partial charge in [0.2, 0.25) is 0 Å². The summed E-state index contributed by atoms with van der Waals surface area (Å²) >= 11 is 2.50. The zero-order valence-electron chi connectivity index (χ0n) is 14.6. The molecule has 1 fully saturated rings. The molecule has 0 saturated heterocycles. The average Bonchev–Trinajstić information content (AvgIpc) is 2.66. The van der Waals surface area contributed by atoms with E-state index in [9.17, 15) is 0 Å². The Balaban J connectivity index is 1.92. The van der Waals surface area contributed by atoms with Gasteiger partial charge in [-0.3, -0.25) is 0 Å². The van der Waals surface area contributed by atoms with E-state index in [4.69, 9.17) is 0 Å². The van der Waals surface area contributed by atoms with Gasteiger partial charge in [-0.05, 0) is 64.7 Å². The number of hydrogen-bond donors (Lipinski definition) is 0. The topological polar surface area (TPSA) is 0 Å². The highest BCUT2D eigenvalue weighted by molar-refractivity contribution is 14.1. The average molecular weight is 432 g/mol. The predicted octanol–water partition coefficient (Wildman–Crippen LogP) is 7.55. The molecule has 0 N–H and O–H groups in total. The summed E-state index contributed by atoms with van der Waals surface area (Å²) in [5, 5.41) is 0. The van der Waals surface area contributed by atoms with Crippen LogP contribution in [0.3, 0.4) is 0 Å². The standard InChI is InChI=1S/C23H29I/c24-18-9-3-8-15-21-16-10-17-22(19-11-4-1-5-12-19)23(21)20-13-6-2-7-14-20/h1,4-5,10-12,16-17,20H,2-3,6-9,13-15,18H2. The summed E-state index contributed by atoms with van der Waals surface area (Å²) in [6.45, 7) is 0. The Morgan fingerprint density at radius 1 is 0.792 bits per heavy atom. The van der Waals surface area contributed by atoms with Crippen molar-refractivity contribution in [3.05, 3.63) is 59.7 Å². The molecule has 0 unspecified atom stereocenters. The number of halogens is 1. The van der Waals surface area contributed by atoms with E-state index in [0.717, 1.165) is 5.92 Å². The maximum Gasteiger partial charge on any atom is -0.000473 e. The second-order valence-electron chi connectivity index (χ2n) is 7.08. The van der Waals surface area contributed by atoms with Gasteiger partial charge in [-0.2, -0.15) is 0 Å². The van der Waals surface area contributed by atoms with Crippen LogP contribution in [0.5, 0.6) is 0 Å². The van der Waals surface area contributed by atoms with Gasteiger partial charge in [-0.15, -0.1) is 0 Å². The molecule has 3 rings (SSSR count). The Bertz CT molecular complexity index is 611. The molecule has 1 saturated carbocycles. The van der Waals surface area contributed by atoms with E-state index in [1.54, 1.807) is 11.1 Å². The van der Waals surface area contributed by atoms with Gasteiger partial charge in [0.05, 0.1) is 0 Å². The summed E-state index contributed by atoms with van der Waals surface area (Å²) in [5.41, 5.74) is 6.19. The molecular formula is C23H29I. The van der Waals surface area contributed by atoms with Crippen molar-refractivity contribution in [2.45, 2.75) is 63.7 Å². The lowest BCUT2D eigenvalue weighted by Gasteiger charge is -2.27. The van der Waals surface area contributed by atoms with Crippen LogP contribution >= 0.6 is 22.6 Å². The maximum atomic E-state index is 2.50. The van der Waals surface area contributed by atoms with E-state index in [1.807, 2.05) is 0 Å². The highest BCUT2D eigenvalue weighted by atomic mass is 127. The van der Waals surface area contributed by atoms with Crippen LogP contribution in [0.2, 0.25) is 0 Å². The van der Waals surface area contributed by atoms with Crippen molar-refractivity contribution in [1.29, 1.82) is 0 Å². The lowest BCUT2D eigenvalue weighted by Crippen LogP contribution is -2.09. The van der Waals surface area contributed by atoms with E-state index >= 15 is 0 Å². The SMILES string of the molecule is ICCCCCc1cccc(-c2ccccc2)c1C1CCCCC1. The minimum absolute atomic E-state index is 0.773. The summed E-state index contributed by atoms with van der Waals surface area (Å²) in [4.78, 5) is 0. The van der Waals surface area contributed by atoms with Gasteiger partial charge in [0.1, 0.15) is 0 Å². The van der Waals surface area contributed by atoms with Crippen molar-refractivity contribution in [3.63, 3.8) is 0 Å². The molecule has 2 aromatic rings. The van der Waals surface area contributed by atoms with Gasteiger partial charge in [0.25, 0.3) is 0 Å². The third-order valence-corrected chi connectivity index (χ3v) is 6.14. The Hall–Kier alpha value is -0.830. The summed E-state index contributed by atoms with van der Waals surface area (Å²) in [7, 11) is 0. The molecular weight excluding hydrogens is 403 g/mol. The van der Waals surface area contributed by atoms with Crippen LogP contribution in [0.25, 0.3) is 11.1 Å². The summed E-state index contributed by atoms with van der Waals surface area (Å²) in [6, 6.07) is 18.1. The van der Waals surface area contributed by atoms with Gasteiger partial charge in [0, 0.05) is 0 Å². The normalized spacial score (nSPS) is 15.5. The van der Waals surface area contributed by atoms with Crippen LogP contribution in [0.1, 0.15) is 68.4 Å². The zero-order chi connectivity index (χ0) is 16.6. The first-order valence-corrected chi connectivity index (χ1v) is 11.2. The minimum atomic E-state index is 0.773. The lowest BCUT2D eigenvalue weighted by molar-refractivity contribution is 0.442. The smallest absolute Gasteiger partial charge is 0.000473 e. The second-order valence-corrected chi connectivity index (χ2v) is 8.16. The van der Waals surface area contributed by atoms with E-state index in [1.165, 1.54) is 73.3 Å². The third-order valence-electron chi connectivity index (χ3n) is 5.37. The first-order valence-electron chi connectivity index (χ1n) is 9.63. The molecule has 1 aliphatic carbocycles. The largest absolute Gasteiger partial charge is 0.0864 e. The van der Waals surface area contributed by atoms with Crippen LogP contribution in [0.15, 0.2) is 48.5 Å². The molecule has 0 atom stereocenters. The van der Waals surface area contributed by atoms with Crippen molar-refractivity contribution < 1.29 is 0 Å². The third kappa shape index (κ3) is 4.62. The molecule has 0 amide bonds. The summed E-state index contributed by atoms with van der Waals surface area (Å²) in [5.74, 6) is 0.773. The van der Waals surface area contributed by atoms with Crippen molar-refractivity contribution in [2.24, 2.45) is 0 Å². The fraction of sp³-hybridized carbons (Fsp3) is 0.478. The number of rotatable bonds is 7. The number of hydrogen-bond acceptors (Lipinski definition) is 0. The lowest BCUT2D eigenvalue weighted by atomic mass is 9.78. The van der Waals surface area contributed by atoms with Crippen LogP contribution in [0.4, 0.5) is 0 Å². The molecule has 24 heavy (non-hydrogen) atoms. The molecule has 128 valence electrons. The van der Waals surface area contributed by atoms with Gasteiger partial charge < -0.3 is 0 Å². The van der Waals surface area contributed by atoms with Crippen LogP contribution in [-0.4, -0.2) is 4.43 Å². The molecule has 1 aliphatic rings. The van der Waals surface area contributed by atoms with Gasteiger partial charge >= 0.3 is 0 Å². The van der Waals surface area contributed by atoms with Crippen LogP contribution < -0.4 is 0 Å². The number of benzene rings is 2. The first-order chi connectivity index (χ1) is 11.9. The molecule has 0 aromatic heterocycles. The van der Waals surface area contributed by atoms with Crippen LogP contribution in [0, 0.1) is 0 Å². The fourth-order valence-corrected chi connectivity index (χ4v) is 4.70. The van der Waals surface area contributed by atoms with Crippen molar-refractivity contribution in [3.8, 4) is 11.1 Å². The van der Waals surface area contributed by atoms with Gasteiger partial charge in [-0.1, -0.05) is 96.8 Å².